The quantitative estimate of drug-likeness (QED) is 0.317. The molecule has 1 atom stereocenters. The predicted molar refractivity (Wildman–Crippen MR) is 132 cm³/mol. The first kappa shape index (κ1) is 23.6. The number of piperidine rings is 1. The number of aliphatic hydroxyl groups is 2. The maximum absolute atomic E-state index is 12.7. The van der Waals surface area contributed by atoms with Crippen LogP contribution >= 0.6 is 11.3 Å². The Labute approximate surface area is 206 Å². The van der Waals surface area contributed by atoms with E-state index in [0.717, 1.165) is 24.0 Å². The van der Waals surface area contributed by atoms with Crippen LogP contribution in [0.2, 0.25) is 0 Å². The second-order valence-electron chi connectivity index (χ2n) is 9.90. The first-order chi connectivity index (χ1) is 16.7. The number of nitrogen functional groups attached to an aromatic ring is 1. The number of aliphatic hydroxyl groups excluding tert-OH is 2. The normalized spacial score (nSPS) is 18.1. The van der Waals surface area contributed by atoms with Gasteiger partial charge in [-0.15, -0.1) is 11.3 Å². The molecule has 1 fully saturated rings. The zero-order valence-electron chi connectivity index (χ0n) is 19.8. The van der Waals surface area contributed by atoms with E-state index in [9.17, 15) is 15.0 Å². The highest BCUT2D eigenvalue weighted by Crippen LogP contribution is 2.44. The maximum Gasteiger partial charge on any atom is 0.228 e. The number of H-pyrrole nitrogens is 1. The molecule has 3 aromatic rings. The van der Waals surface area contributed by atoms with Crippen LogP contribution in [-0.2, 0) is 23.1 Å². The number of amides is 1. The molecular weight excluding hydrogens is 468 g/mol. The predicted octanol–water partition coefficient (Wildman–Crippen LogP) is 1.62. The molecular formula is C23H30N8O3S. The van der Waals surface area contributed by atoms with Gasteiger partial charge >= 0.3 is 0 Å². The first-order valence-electron chi connectivity index (χ1n) is 11.7. The number of nitrogens with one attached hydrogen (secondary N) is 2. The Hall–Kier alpha value is -3.09. The molecule has 4 heterocycles. The van der Waals surface area contributed by atoms with Gasteiger partial charge in [-0.1, -0.05) is 13.8 Å². The van der Waals surface area contributed by atoms with E-state index in [2.05, 4.69) is 44.3 Å². The average molecular weight is 499 g/mol. The van der Waals surface area contributed by atoms with Crippen LogP contribution in [0.5, 0.6) is 0 Å². The molecule has 0 radical (unpaired) electrons. The van der Waals surface area contributed by atoms with Crippen LogP contribution in [0.1, 0.15) is 55.4 Å². The van der Waals surface area contributed by atoms with Crippen LogP contribution in [-0.4, -0.2) is 65.9 Å². The third kappa shape index (κ3) is 4.60. The zero-order valence-corrected chi connectivity index (χ0v) is 20.6. The van der Waals surface area contributed by atoms with Crippen molar-refractivity contribution in [2.24, 2.45) is 5.92 Å². The molecule has 1 aliphatic carbocycles. The van der Waals surface area contributed by atoms with Crippen molar-refractivity contribution in [2.45, 2.75) is 51.2 Å². The van der Waals surface area contributed by atoms with E-state index in [0.29, 0.717) is 47.4 Å². The summed E-state index contributed by atoms with van der Waals surface area (Å²) in [4.78, 5) is 27.5. The third-order valence-electron chi connectivity index (χ3n) is 6.85. The van der Waals surface area contributed by atoms with Crippen LogP contribution in [0, 0.1) is 5.92 Å². The number of aromatic nitrogens is 5. The van der Waals surface area contributed by atoms with Crippen LogP contribution < -0.4 is 11.1 Å². The molecule has 0 aromatic carbocycles. The number of thiazole rings is 1. The molecule has 1 amide bonds. The molecule has 11 nitrogen and oxygen atoms in total. The first-order valence-corrected chi connectivity index (χ1v) is 12.6. The van der Waals surface area contributed by atoms with Crippen molar-refractivity contribution >= 4 is 28.3 Å². The van der Waals surface area contributed by atoms with E-state index < -0.39 is 6.23 Å². The third-order valence-corrected chi connectivity index (χ3v) is 7.68. The van der Waals surface area contributed by atoms with Crippen molar-refractivity contribution < 1.29 is 15.0 Å². The lowest BCUT2D eigenvalue weighted by Crippen LogP contribution is -2.40. The second-order valence-corrected chi connectivity index (χ2v) is 10.8. The standard InChI is InChI=1S/C23H30N8O3S/c1-23(2)8-13-9-25-21(24)27-17(13)18-16(23)19(30-29-18)20(34)28-22-26-14(11-35-22)7-15(33)31-5-3-12(10-32)4-6-31/h9,11-12,20,32,34H,3-8,10H2,1-2H3,(H,26,28)(H,29,30)(H2,24,25,27). The molecule has 1 unspecified atom stereocenters. The van der Waals surface area contributed by atoms with E-state index in [4.69, 9.17) is 5.73 Å². The average Bonchev–Trinajstić information content (AvgIpc) is 3.47. The minimum atomic E-state index is -1.07. The van der Waals surface area contributed by atoms with Crippen molar-refractivity contribution in [3.63, 3.8) is 0 Å². The number of fused-ring (bicyclic) bond motifs is 3. The Morgan fingerprint density at radius 1 is 1.34 bits per heavy atom. The topological polar surface area (TPSA) is 166 Å². The van der Waals surface area contributed by atoms with Crippen LogP contribution in [0.15, 0.2) is 11.6 Å². The molecule has 1 aliphatic heterocycles. The lowest BCUT2D eigenvalue weighted by atomic mass is 9.73. The van der Waals surface area contributed by atoms with E-state index in [1.807, 2.05) is 10.3 Å². The lowest BCUT2D eigenvalue weighted by Gasteiger charge is -2.31. The molecule has 35 heavy (non-hydrogen) atoms. The number of hydrogen-bond donors (Lipinski definition) is 5. The van der Waals surface area contributed by atoms with Gasteiger partial charge in [-0.05, 0) is 36.2 Å². The number of nitrogens with two attached hydrogens (primary N) is 1. The maximum atomic E-state index is 12.7. The van der Waals surface area contributed by atoms with E-state index in [1.165, 1.54) is 11.3 Å². The minimum absolute atomic E-state index is 0.0307. The summed E-state index contributed by atoms with van der Waals surface area (Å²) >= 11 is 1.34. The fourth-order valence-corrected chi connectivity index (χ4v) is 5.74. The monoisotopic (exact) mass is 498 g/mol. The summed E-state index contributed by atoms with van der Waals surface area (Å²) in [5.74, 6) is 0.496. The van der Waals surface area contributed by atoms with Gasteiger partial charge in [-0.25, -0.2) is 15.0 Å². The Balaban J connectivity index is 1.29. The molecule has 0 bridgehead atoms. The van der Waals surface area contributed by atoms with Gasteiger partial charge in [0.1, 0.15) is 5.69 Å². The Morgan fingerprint density at radius 2 is 2.11 bits per heavy atom. The fraction of sp³-hybridized carbons (Fsp3) is 0.522. The summed E-state index contributed by atoms with van der Waals surface area (Å²) in [7, 11) is 0. The highest BCUT2D eigenvalue weighted by molar-refractivity contribution is 7.13. The number of carbonyl (C=O) groups is 1. The zero-order chi connectivity index (χ0) is 24.7. The van der Waals surface area contributed by atoms with Gasteiger partial charge in [0.25, 0.3) is 0 Å². The lowest BCUT2D eigenvalue weighted by molar-refractivity contribution is -0.132. The van der Waals surface area contributed by atoms with Gasteiger partial charge in [-0.2, -0.15) is 5.10 Å². The number of carbonyl (C=O) groups excluding carboxylic acids is 1. The van der Waals surface area contributed by atoms with Crippen molar-refractivity contribution in [2.75, 3.05) is 30.7 Å². The van der Waals surface area contributed by atoms with Gasteiger partial charge in [0.05, 0.1) is 23.5 Å². The highest BCUT2D eigenvalue weighted by atomic mass is 32.1. The summed E-state index contributed by atoms with van der Waals surface area (Å²) < 4.78 is 0. The van der Waals surface area contributed by atoms with Gasteiger partial charge in [-0.3, -0.25) is 9.89 Å². The van der Waals surface area contributed by atoms with Crippen molar-refractivity contribution in [3.05, 3.63) is 34.1 Å². The molecule has 6 N–H and O–H groups in total. The molecule has 3 aromatic heterocycles. The summed E-state index contributed by atoms with van der Waals surface area (Å²) in [5, 5.41) is 33.1. The van der Waals surface area contributed by atoms with Gasteiger partial charge in [0, 0.05) is 36.8 Å². The second kappa shape index (κ2) is 9.17. The summed E-state index contributed by atoms with van der Waals surface area (Å²) in [6.45, 7) is 5.69. The van der Waals surface area contributed by atoms with Crippen LogP contribution in [0.3, 0.4) is 0 Å². The summed E-state index contributed by atoms with van der Waals surface area (Å²) in [6, 6.07) is 0. The smallest absolute Gasteiger partial charge is 0.228 e. The number of hydrogen-bond acceptors (Lipinski definition) is 10. The van der Waals surface area contributed by atoms with E-state index >= 15 is 0 Å². The number of nitrogens with zero attached hydrogens (tertiary/aromatic N) is 5. The molecule has 12 heteroatoms. The Bertz CT molecular complexity index is 1230. The number of anilines is 2. The van der Waals surface area contributed by atoms with Gasteiger partial charge in [0.2, 0.25) is 11.9 Å². The Morgan fingerprint density at radius 3 is 2.86 bits per heavy atom. The summed E-state index contributed by atoms with van der Waals surface area (Å²) in [6.07, 6.45) is 3.21. The van der Waals surface area contributed by atoms with Gasteiger partial charge in [0.15, 0.2) is 11.4 Å². The Kier molecular flexibility index (Phi) is 6.20. The largest absolute Gasteiger partial charge is 0.396 e. The van der Waals surface area contributed by atoms with E-state index in [1.54, 1.807) is 6.20 Å². The number of likely N-dealkylation sites (tertiary alicyclic amines) is 1. The molecule has 5 rings (SSSR count). The SMILES string of the molecule is CC1(C)Cc2cnc(N)nc2-c2n[nH]c(C(O)Nc3nc(CC(=O)N4CCC(CO)CC4)cs3)c21. The molecule has 186 valence electrons. The number of rotatable bonds is 6. The summed E-state index contributed by atoms with van der Waals surface area (Å²) in [5.41, 5.74) is 9.89. The van der Waals surface area contributed by atoms with Gasteiger partial charge < -0.3 is 26.2 Å². The molecule has 2 aliphatic rings. The minimum Gasteiger partial charge on any atom is -0.396 e. The van der Waals surface area contributed by atoms with Crippen LogP contribution in [0.4, 0.5) is 11.1 Å². The van der Waals surface area contributed by atoms with Crippen molar-refractivity contribution in [3.8, 4) is 11.4 Å². The molecule has 0 saturated carbocycles. The highest BCUT2D eigenvalue weighted by Gasteiger charge is 2.38. The number of aromatic amines is 1. The fourth-order valence-electron chi connectivity index (χ4n) is 5.00. The van der Waals surface area contributed by atoms with Crippen molar-refractivity contribution in [1.29, 1.82) is 0 Å². The van der Waals surface area contributed by atoms with Crippen molar-refractivity contribution in [1.82, 2.24) is 30.0 Å². The van der Waals surface area contributed by atoms with E-state index in [-0.39, 0.29) is 36.2 Å². The van der Waals surface area contributed by atoms with Crippen LogP contribution in [0.25, 0.3) is 11.4 Å². The molecule has 0 spiro atoms. The molecule has 1 saturated heterocycles.